The van der Waals surface area contributed by atoms with Crippen LogP contribution in [-0.2, 0) is 41.1 Å². The molecule has 0 aliphatic carbocycles. The average Bonchev–Trinajstić information content (AvgIpc) is 2.95. The fourth-order valence-corrected chi connectivity index (χ4v) is 6.16. The lowest BCUT2D eigenvalue weighted by Gasteiger charge is -2.48. The quantitative estimate of drug-likeness (QED) is 0.218. The molecule has 2 N–H and O–H groups in total. The summed E-state index contributed by atoms with van der Waals surface area (Å²) in [6.45, 7) is 4.20. The van der Waals surface area contributed by atoms with Gasteiger partial charge in [0, 0.05) is 13.3 Å². The Hall–Kier alpha value is -4.56. The topological polar surface area (TPSA) is 149 Å². The highest BCUT2D eigenvalue weighted by Crippen LogP contribution is 2.40. The summed E-state index contributed by atoms with van der Waals surface area (Å²) in [4.78, 5) is 35.7. The van der Waals surface area contributed by atoms with Crippen molar-refractivity contribution < 1.29 is 50.9 Å². The van der Waals surface area contributed by atoms with Crippen LogP contribution in [0.15, 0.2) is 77.7 Å². The van der Waals surface area contributed by atoms with Gasteiger partial charge in [-0.25, -0.2) is 26.8 Å². The van der Waals surface area contributed by atoms with Crippen LogP contribution < -0.4 is 10.1 Å². The van der Waals surface area contributed by atoms with Crippen molar-refractivity contribution in [2.24, 2.45) is 5.92 Å². The number of carboxylic acids is 1. The normalized spacial score (nSPS) is 15.8. The maximum absolute atomic E-state index is 13.7. The van der Waals surface area contributed by atoms with Crippen LogP contribution in [0.4, 0.5) is 13.6 Å². The maximum atomic E-state index is 13.7. The predicted molar refractivity (Wildman–Crippen MR) is 155 cm³/mol. The van der Waals surface area contributed by atoms with E-state index in [-0.39, 0.29) is 35.7 Å². The smallest absolute Gasteiger partial charge is 0.410 e. The largest absolute Gasteiger partial charge is 0.480 e. The van der Waals surface area contributed by atoms with Gasteiger partial charge in [-0.15, -0.1) is 0 Å². The number of rotatable bonds is 12. The van der Waals surface area contributed by atoms with Crippen LogP contribution >= 0.6 is 0 Å². The summed E-state index contributed by atoms with van der Waals surface area (Å²) in [5.74, 6) is -3.15. The van der Waals surface area contributed by atoms with Crippen molar-refractivity contribution in [2.45, 2.75) is 50.0 Å². The van der Waals surface area contributed by atoms with Gasteiger partial charge in [-0.05, 0) is 59.7 Å². The van der Waals surface area contributed by atoms with E-state index in [2.05, 4.69) is 5.32 Å². The molecule has 240 valence electrons. The third kappa shape index (κ3) is 8.13. The van der Waals surface area contributed by atoms with Crippen molar-refractivity contribution in [3.63, 3.8) is 0 Å². The number of hydrogen-bond donors (Lipinski definition) is 2. The number of carboxylic acid groups (broad SMARTS) is 1. The molecule has 0 bridgehead atoms. The van der Waals surface area contributed by atoms with Gasteiger partial charge in [-0.3, -0.25) is 4.79 Å². The number of ether oxygens (including phenoxy) is 3. The summed E-state index contributed by atoms with van der Waals surface area (Å²) >= 11 is 0. The standard InChI is InChI=1S/C31H32F2N2O9S/c1-19(2)29(38)42-20(3)43-30(39)34-27(28(36)37)16-21-5-4-6-26(15-21)45(40,41)35-17-31(18-35,22-7-9-23(32)10-8-22)44-25-13-11-24(33)12-14-25/h4-15,19-20,27H,16-18H2,1-3H3,(H,34,39)(H,36,37)/t20?,27-/m0/s1. The van der Waals surface area contributed by atoms with Gasteiger partial charge in [0.1, 0.15) is 23.4 Å². The number of sulfonamides is 1. The zero-order valence-corrected chi connectivity index (χ0v) is 25.4. The second-order valence-corrected chi connectivity index (χ2v) is 12.7. The number of alkyl carbamates (subject to hydrolysis) is 1. The molecule has 1 aliphatic heterocycles. The fourth-order valence-electron chi connectivity index (χ4n) is 4.55. The molecule has 1 unspecified atom stereocenters. The molecule has 0 saturated carbocycles. The number of carbonyl (C=O) groups excluding carboxylic acids is 2. The molecule has 45 heavy (non-hydrogen) atoms. The number of carbonyl (C=O) groups is 3. The van der Waals surface area contributed by atoms with E-state index >= 15 is 0 Å². The van der Waals surface area contributed by atoms with E-state index in [9.17, 15) is 36.7 Å². The van der Waals surface area contributed by atoms with Crippen molar-refractivity contribution in [3.05, 3.63) is 95.6 Å². The van der Waals surface area contributed by atoms with Crippen molar-refractivity contribution in [1.82, 2.24) is 9.62 Å². The Balaban J connectivity index is 1.47. The van der Waals surface area contributed by atoms with Crippen LogP contribution in [0, 0.1) is 17.6 Å². The molecule has 0 radical (unpaired) electrons. The number of amides is 1. The first-order valence-electron chi connectivity index (χ1n) is 13.9. The van der Waals surface area contributed by atoms with E-state index in [1.807, 2.05) is 0 Å². The number of nitrogens with one attached hydrogen (secondary N) is 1. The van der Waals surface area contributed by atoms with E-state index in [1.54, 1.807) is 13.8 Å². The first-order chi connectivity index (χ1) is 21.2. The molecular formula is C31H32F2N2O9S. The fraction of sp³-hybridized carbons (Fsp3) is 0.323. The molecule has 0 aromatic heterocycles. The van der Waals surface area contributed by atoms with Crippen molar-refractivity contribution in [1.29, 1.82) is 0 Å². The highest BCUT2D eigenvalue weighted by molar-refractivity contribution is 7.89. The molecule has 14 heteroatoms. The van der Waals surface area contributed by atoms with Crippen molar-refractivity contribution >= 4 is 28.1 Å². The molecule has 1 saturated heterocycles. The van der Waals surface area contributed by atoms with E-state index < -0.39 is 63.5 Å². The van der Waals surface area contributed by atoms with Crippen molar-refractivity contribution in [2.75, 3.05) is 13.1 Å². The summed E-state index contributed by atoms with van der Waals surface area (Å²) < 4.78 is 71.5. The molecule has 4 rings (SSSR count). The summed E-state index contributed by atoms with van der Waals surface area (Å²) in [7, 11) is -4.11. The molecule has 3 aromatic rings. The minimum Gasteiger partial charge on any atom is -0.480 e. The predicted octanol–water partition coefficient (Wildman–Crippen LogP) is 4.21. The Morgan fingerprint density at radius 2 is 1.53 bits per heavy atom. The molecule has 1 aliphatic rings. The monoisotopic (exact) mass is 646 g/mol. The number of nitrogens with zero attached hydrogens (tertiary/aromatic N) is 1. The Morgan fingerprint density at radius 1 is 0.933 bits per heavy atom. The number of hydrogen-bond acceptors (Lipinski definition) is 8. The molecule has 11 nitrogen and oxygen atoms in total. The number of benzene rings is 3. The third-order valence-corrected chi connectivity index (χ3v) is 8.74. The van der Waals surface area contributed by atoms with Gasteiger partial charge in [0.2, 0.25) is 16.3 Å². The molecule has 3 aromatic carbocycles. The average molecular weight is 647 g/mol. The lowest BCUT2D eigenvalue weighted by Crippen LogP contribution is -2.64. The van der Waals surface area contributed by atoms with E-state index in [4.69, 9.17) is 14.2 Å². The number of esters is 1. The van der Waals surface area contributed by atoms with E-state index in [1.165, 1.54) is 79.7 Å². The molecule has 1 fully saturated rings. The Bertz CT molecular complexity index is 1640. The van der Waals surface area contributed by atoms with Crippen molar-refractivity contribution in [3.8, 4) is 5.75 Å². The van der Waals surface area contributed by atoms with Gasteiger partial charge in [0.25, 0.3) is 0 Å². The maximum Gasteiger partial charge on any atom is 0.410 e. The highest BCUT2D eigenvalue weighted by Gasteiger charge is 2.52. The van der Waals surface area contributed by atoms with Gasteiger partial charge in [-0.1, -0.05) is 38.1 Å². The summed E-state index contributed by atoms with van der Waals surface area (Å²) in [6, 6.07) is 14.7. The highest BCUT2D eigenvalue weighted by atomic mass is 32.2. The second kappa shape index (κ2) is 13.6. The lowest BCUT2D eigenvalue weighted by atomic mass is 9.87. The Kier molecular flexibility index (Phi) is 10.1. The van der Waals surface area contributed by atoms with Gasteiger partial charge in [0.05, 0.1) is 23.9 Å². The second-order valence-electron chi connectivity index (χ2n) is 10.8. The third-order valence-electron chi connectivity index (χ3n) is 6.95. The summed E-state index contributed by atoms with van der Waals surface area (Å²) in [6.07, 6.45) is -2.70. The first-order valence-corrected chi connectivity index (χ1v) is 15.3. The lowest BCUT2D eigenvalue weighted by molar-refractivity contribution is -0.169. The van der Waals surface area contributed by atoms with Gasteiger partial charge < -0.3 is 24.6 Å². The summed E-state index contributed by atoms with van der Waals surface area (Å²) in [5.41, 5.74) is -0.380. The van der Waals surface area contributed by atoms with Crippen LogP contribution in [0.5, 0.6) is 5.75 Å². The molecule has 1 amide bonds. The van der Waals surface area contributed by atoms with Crippen LogP contribution in [0.25, 0.3) is 0 Å². The van der Waals surface area contributed by atoms with Crippen LogP contribution in [-0.4, -0.2) is 61.3 Å². The van der Waals surface area contributed by atoms with E-state index in [0.29, 0.717) is 5.56 Å². The SMILES string of the molecule is CC(OC(=O)N[C@@H](Cc1cccc(S(=O)(=O)N2CC(Oc3ccc(F)cc3)(c3ccc(F)cc3)C2)c1)C(=O)O)OC(=O)C(C)C. The number of halogens is 2. The Morgan fingerprint density at radius 3 is 2.11 bits per heavy atom. The minimum absolute atomic E-state index is 0.129. The molecule has 2 atom stereocenters. The van der Waals surface area contributed by atoms with Gasteiger partial charge >= 0.3 is 18.0 Å². The molecule has 0 spiro atoms. The van der Waals surface area contributed by atoms with Gasteiger partial charge in [-0.2, -0.15) is 4.31 Å². The zero-order chi connectivity index (χ0) is 32.9. The molecular weight excluding hydrogens is 614 g/mol. The minimum atomic E-state index is -4.11. The summed E-state index contributed by atoms with van der Waals surface area (Å²) in [5, 5.41) is 11.9. The van der Waals surface area contributed by atoms with Crippen LogP contribution in [0.3, 0.4) is 0 Å². The van der Waals surface area contributed by atoms with Crippen LogP contribution in [0.1, 0.15) is 31.9 Å². The van der Waals surface area contributed by atoms with Gasteiger partial charge in [0.15, 0.2) is 5.60 Å². The number of aliphatic carboxylic acids is 1. The molecule has 1 heterocycles. The zero-order valence-electron chi connectivity index (χ0n) is 24.6. The van der Waals surface area contributed by atoms with Crippen LogP contribution in [0.2, 0.25) is 0 Å². The van der Waals surface area contributed by atoms with E-state index in [0.717, 1.165) is 4.31 Å². The first kappa shape index (κ1) is 33.3. The Labute approximate surface area is 258 Å².